The van der Waals surface area contributed by atoms with Crippen LogP contribution < -0.4 is 20.4 Å². The normalized spacial score (nSPS) is 10.6. The van der Waals surface area contributed by atoms with Crippen LogP contribution in [0.5, 0.6) is 0 Å². The predicted molar refractivity (Wildman–Crippen MR) is 344 cm³/mol. The molecule has 0 aromatic carbocycles. The molecule has 0 amide bonds. The molecule has 0 aromatic rings. The molecule has 8 nitrogen and oxygen atoms in total. The Kier molecular flexibility index (Phi) is 100. The molecule has 0 heterocycles. The zero-order chi connectivity index (χ0) is 59.6. The van der Waals surface area contributed by atoms with Crippen molar-refractivity contribution in [1.82, 2.24) is 0 Å². The third kappa shape index (κ3) is 107. The fraction of sp³-hybridized carbons (Fsp3) is 0.944. The van der Waals surface area contributed by atoms with Gasteiger partial charge >= 0.3 is 40.1 Å². The summed E-state index contributed by atoms with van der Waals surface area (Å²) in [6.45, 7) is 9.07. The molecule has 10 heteroatoms. The molecular weight excluding hydrogens is 1070 g/mol. The number of carbonyl (C=O) groups excluding carboxylic acids is 4. The first-order valence-electron chi connectivity index (χ1n) is 35.9. The van der Waals surface area contributed by atoms with E-state index in [9.17, 15) is 39.6 Å². The van der Waals surface area contributed by atoms with Gasteiger partial charge in [0, 0.05) is 23.9 Å². The largest absolute Gasteiger partial charge is 2.00 e. The van der Waals surface area contributed by atoms with Crippen LogP contribution in [0, 0.1) is 0 Å². The van der Waals surface area contributed by atoms with Gasteiger partial charge in [-0.3, -0.25) is 0 Å². The molecule has 0 aromatic heterocycles. The number of carboxylic acid groups (broad SMARTS) is 4. The van der Waals surface area contributed by atoms with Gasteiger partial charge in [-0.15, -0.1) is 0 Å². The SMILES string of the molecule is CCCCCCCCCCCCCCCCCC(=O)[O-].CCCCCCCCCCCCCCCCCC(=O)[O-].CCCCCCCCCCCCCCCCCC(=O)[O-].CCCCCCCCCCCCCCCCCC(=O)[O-].[Fe+2].[Mg+2]. The number of unbranched alkanes of at least 4 members (excludes halogenated alkanes) is 56. The maximum absolute atomic E-state index is 10.2. The van der Waals surface area contributed by atoms with Gasteiger partial charge in [0.1, 0.15) is 0 Å². The van der Waals surface area contributed by atoms with E-state index in [1.165, 1.54) is 334 Å². The number of carboxylic acids is 4. The monoisotopic (exact) mass is 1210 g/mol. The van der Waals surface area contributed by atoms with Crippen molar-refractivity contribution in [2.45, 2.75) is 439 Å². The van der Waals surface area contributed by atoms with Crippen LogP contribution in [-0.2, 0) is 36.2 Å². The molecule has 0 spiro atoms. The summed E-state index contributed by atoms with van der Waals surface area (Å²) in [5, 5.41) is 40.9. The number of hydrogen-bond acceptors (Lipinski definition) is 8. The third-order valence-corrected chi connectivity index (χ3v) is 15.9. The molecule has 0 rings (SSSR count). The second-order valence-corrected chi connectivity index (χ2v) is 24.3. The van der Waals surface area contributed by atoms with Crippen LogP contribution in [0.2, 0.25) is 0 Å². The van der Waals surface area contributed by atoms with Crippen LogP contribution in [0.4, 0.5) is 0 Å². The van der Waals surface area contributed by atoms with E-state index in [-0.39, 0.29) is 65.8 Å². The van der Waals surface area contributed by atoms with Crippen molar-refractivity contribution in [1.29, 1.82) is 0 Å². The van der Waals surface area contributed by atoms with Gasteiger partial charge in [0.15, 0.2) is 0 Å². The number of carbonyl (C=O) groups is 4. The quantitative estimate of drug-likeness (QED) is 0.0430. The molecule has 0 aliphatic rings. The number of hydrogen-bond donors (Lipinski definition) is 0. The summed E-state index contributed by atoms with van der Waals surface area (Å²) in [4.78, 5) is 40.9. The van der Waals surface area contributed by atoms with E-state index in [2.05, 4.69) is 27.7 Å². The smallest absolute Gasteiger partial charge is 0.550 e. The van der Waals surface area contributed by atoms with Gasteiger partial charge in [0.25, 0.3) is 0 Å². The first-order valence-corrected chi connectivity index (χ1v) is 35.9. The van der Waals surface area contributed by atoms with Gasteiger partial charge in [-0.05, 0) is 51.4 Å². The molecule has 486 valence electrons. The molecule has 82 heavy (non-hydrogen) atoms. The van der Waals surface area contributed by atoms with Crippen molar-refractivity contribution in [2.75, 3.05) is 0 Å². The minimum absolute atomic E-state index is 0. The van der Waals surface area contributed by atoms with Crippen molar-refractivity contribution < 1.29 is 56.7 Å². The van der Waals surface area contributed by atoms with Gasteiger partial charge in [-0.25, -0.2) is 0 Å². The Morgan fingerprint density at radius 1 is 0.171 bits per heavy atom. The Labute approximate surface area is 538 Å². The van der Waals surface area contributed by atoms with Gasteiger partial charge < -0.3 is 39.6 Å². The van der Waals surface area contributed by atoms with Gasteiger partial charge in [-0.2, -0.15) is 0 Å². The maximum Gasteiger partial charge on any atom is 2.00 e. The molecule has 0 bridgehead atoms. The molecule has 0 aliphatic heterocycles. The van der Waals surface area contributed by atoms with E-state index < -0.39 is 23.9 Å². The van der Waals surface area contributed by atoms with Crippen molar-refractivity contribution in [2.24, 2.45) is 0 Å². The summed E-state index contributed by atoms with van der Waals surface area (Å²) >= 11 is 0. The predicted octanol–water partition coefficient (Wildman–Crippen LogP) is 19.6. The van der Waals surface area contributed by atoms with Gasteiger partial charge in [0.05, 0.1) is 0 Å². The molecule has 0 atom stereocenters. The fourth-order valence-electron chi connectivity index (χ4n) is 10.6. The summed E-state index contributed by atoms with van der Waals surface area (Å²) in [6, 6.07) is 0. The zero-order valence-corrected chi connectivity index (χ0v) is 58.1. The van der Waals surface area contributed by atoms with Crippen LogP contribution in [0.15, 0.2) is 0 Å². The Bertz CT molecular complexity index is 998. The second-order valence-electron chi connectivity index (χ2n) is 24.3. The molecular formula is C72H140FeMgO8. The summed E-state index contributed by atoms with van der Waals surface area (Å²) in [7, 11) is 0. The Balaban J connectivity index is -0.000000233. The summed E-state index contributed by atoms with van der Waals surface area (Å²) in [5.41, 5.74) is 0. The summed E-state index contributed by atoms with van der Waals surface area (Å²) in [5.74, 6) is -3.61. The van der Waals surface area contributed by atoms with E-state index in [1.54, 1.807) is 0 Å². The first kappa shape index (κ1) is 92.3. The molecule has 0 unspecified atom stereocenters. The van der Waals surface area contributed by atoms with Crippen LogP contribution >= 0.6 is 0 Å². The van der Waals surface area contributed by atoms with E-state index >= 15 is 0 Å². The Morgan fingerprint density at radius 2 is 0.244 bits per heavy atom. The number of aliphatic carboxylic acids is 4. The van der Waals surface area contributed by atoms with Crippen molar-refractivity contribution in [3.8, 4) is 0 Å². The van der Waals surface area contributed by atoms with Crippen molar-refractivity contribution in [3.05, 3.63) is 0 Å². The average molecular weight is 1210 g/mol. The minimum Gasteiger partial charge on any atom is -0.550 e. The maximum atomic E-state index is 10.2. The van der Waals surface area contributed by atoms with E-state index in [0.717, 1.165) is 51.4 Å². The van der Waals surface area contributed by atoms with Gasteiger partial charge in [-0.1, -0.05) is 387 Å². The third-order valence-electron chi connectivity index (χ3n) is 15.9. The van der Waals surface area contributed by atoms with Crippen molar-refractivity contribution in [3.63, 3.8) is 0 Å². The van der Waals surface area contributed by atoms with E-state index in [1.807, 2.05) is 0 Å². The molecule has 0 fully saturated rings. The second kappa shape index (κ2) is 88.9. The van der Waals surface area contributed by atoms with E-state index in [4.69, 9.17) is 0 Å². The van der Waals surface area contributed by atoms with Crippen LogP contribution in [0.3, 0.4) is 0 Å². The number of rotatable bonds is 64. The topological polar surface area (TPSA) is 161 Å². The zero-order valence-electron chi connectivity index (χ0n) is 55.6. The average Bonchev–Trinajstić information content (AvgIpc) is 3.43. The summed E-state index contributed by atoms with van der Waals surface area (Å²) in [6.07, 6.45) is 79.4. The van der Waals surface area contributed by atoms with Crippen molar-refractivity contribution >= 4 is 46.9 Å². The molecule has 0 N–H and O–H groups in total. The standard InChI is InChI=1S/4C18H36O2.Fe.Mg/c4*1-2-3-4-5-6-7-8-9-10-11-12-13-14-15-16-17-18(19)20;;/h4*2-17H2,1H3,(H,19,20);;/q;;;;2*+2/p-4. The summed E-state index contributed by atoms with van der Waals surface area (Å²) < 4.78 is 0. The van der Waals surface area contributed by atoms with E-state index in [0.29, 0.717) is 0 Å². The molecule has 0 radical (unpaired) electrons. The van der Waals surface area contributed by atoms with Gasteiger partial charge in [0.2, 0.25) is 0 Å². The molecule has 0 saturated heterocycles. The Morgan fingerprint density at radius 3 is 0.317 bits per heavy atom. The first-order chi connectivity index (χ1) is 39.1. The molecule has 0 saturated carbocycles. The Hall–Kier alpha value is -0.834. The van der Waals surface area contributed by atoms with Crippen LogP contribution in [-0.4, -0.2) is 46.9 Å². The van der Waals surface area contributed by atoms with Crippen LogP contribution in [0.25, 0.3) is 0 Å². The fourth-order valence-corrected chi connectivity index (χ4v) is 10.6. The minimum atomic E-state index is -0.903. The van der Waals surface area contributed by atoms with Crippen LogP contribution in [0.1, 0.15) is 439 Å². The molecule has 0 aliphatic carbocycles.